The molecule has 0 amide bonds. The van der Waals surface area contributed by atoms with Gasteiger partial charge in [-0.25, -0.2) is 4.79 Å². The molecule has 4 aliphatic carbocycles. The minimum atomic E-state index is -0.279. The molecule has 24 heavy (non-hydrogen) atoms. The minimum Gasteiger partial charge on any atom is -0.492 e. The second-order valence-corrected chi connectivity index (χ2v) is 8.07. The molecule has 0 N–H and O–H groups in total. The highest BCUT2D eigenvalue weighted by atomic mass is 16.6. The molecule has 0 aromatic rings. The smallest absolute Gasteiger partial charge is 0.332 e. The quantitative estimate of drug-likeness (QED) is 0.293. The van der Waals surface area contributed by atoms with Gasteiger partial charge in [0.05, 0.1) is 6.61 Å². The molecule has 0 aromatic heterocycles. The van der Waals surface area contributed by atoms with Crippen molar-refractivity contribution in [3.05, 3.63) is 24.5 Å². The van der Waals surface area contributed by atoms with Crippen molar-refractivity contribution >= 4 is 5.97 Å². The lowest BCUT2D eigenvalue weighted by Crippen LogP contribution is -2.58. The van der Waals surface area contributed by atoms with Crippen LogP contribution < -0.4 is 0 Å². The molecule has 134 valence electrons. The average Bonchev–Trinajstić information content (AvgIpc) is 2.51. The summed E-state index contributed by atoms with van der Waals surface area (Å²) in [5.41, 5.74) is 0.516. The van der Waals surface area contributed by atoms with Gasteiger partial charge in [-0.2, -0.15) is 0 Å². The van der Waals surface area contributed by atoms with Gasteiger partial charge in [-0.1, -0.05) is 13.2 Å². The molecule has 0 heterocycles. The molecule has 4 heteroatoms. The molecule has 4 fully saturated rings. The second-order valence-electron chi connectivity index (χ2n) is 8.07. The van der Waals surface area contributed by atoms with Crippen LogP contribution in [0.2, 0.25) is 0 Å². The summed E-state index contributed by atoms with van der Waals surface area (Å²) in [5, 5.41) is 0. The highest BCUT2D eigenvalue weighted by Crippen LogP contribution is 2.59. The predicted molar refractivity (Wildman–Crippen MR) is 92.3 cm³/mol. The zero-order valence-corrected chi connectivity index (χ0v) is 15.0. The fraction of sp³-hybridized carbons (Fsp3) is 0.750. The molecular formula is C20H30O4. The second kappa shape index (κ2) is 6.91. The maximum atomic E-state index is 12.2. The van der Waals surface area contributed by atoms with Gasteiger partial charge in [0.15, 0.2) is 0 Å². The van der Waals surface area contributed by atoms with E-state index >= 15 is 0 Å². The summed E-state index contributed by atoms with van der Waals surface area (Å²) in [6.45, 7) is 12.2. The van der Waals surface area contributed by atoms with Gasteiger partial charge in [0.2, 0.25) is 0 Å². The molecule has 4 aliphatic rings. The third kappa shape index (κ3) is 3.53. The van der Waals surface area contributed by atoms with E-state index in [1.165, 1.54) is 32.1 Å². The van der Waals surface area contributed by atoms with Crippen LogP contribution in [0.15, 0.2) is 24.5 Å². The first kappa shape index (κ1) is 17.5. The van der Waals surface area contributed by atoms with Crippen molar-refractivity contribution in [1.29, 1.82) is 0 Å². The molecular weight excluding hydrogens is 304 g/mol. The summed E-state index contributed by atoms with van der Waals surface area (Å²) in [6.07, 6.45) is 6.32. The molecule has 4 rings (SSSR count). The summed E-state index contributed by atoms with van der Waals surface area (Å²) in [6, 6.07) is 0. The number of hydrogen-bond donors (Lipinski definition) is 0. The molecule has 4 nitrogen and oxygen atoms in total. The molecule has 4 saturated carbocycles. The number of carbonyl (C=O) groups is 1. The molecule has 0 atom stereocenters. The van der Waals surface area contributed by atoms with Crippen LogP contribution in [-0.4, -0.2) is 31.4 Å². The highest BCUT2D eigenvalue weighted by Gasteiger charge is 2.56. The van der Waals surface area contributed by atoms with E-state index in [2.05, 4.69) is 20.1 Å². The minimum absolute atomic E-state index is 0.00913. The maximum absolute atomic E-state index is 12.2. The number of ether oxygens (including phenoxy) is 3. The van der Waals surface area contributed by atoms with Gasteiger partial charge in [0.1, 0.15) is 24.6 Å². The van der Waals surface area contributed by atoms with E-state index in [-0.39, 0.29) is 18.2 Å². The largest absolute Gasteiger partial charge is 0.492 e. The Morgan fingerprint density at radius 2 is 1.62 bits per heavy atom. The Bertz CT molecular complexity index is 494. The summed E-state index contributed by atoms with van der Waals surface area (Å²) >= 11 is 0. The average molecular weight is 334 g/mol. The van der Waals surface area contributed by atoms with Crippen molar-refractivity contribution in [3.8, 4) is 0 Å². The monoisotopic (exact) mass is 334 g/mol. The normalized spacial score (nSPS) is 36.4. The molecule has 0 aromatic carbocycles. The Morgan fingerprint density at radius 3 is 2.17 bits per heavy atom. The number of esters is 1. The van der Waals surface area contributed by atoms with Crippen molar-refractivity contribution in [2.75, 3.05) is 19.8 Å². The summed E-state index contributed by atoms with van der Waals surface area (Å²) < 4.78 is 16.7. The van der Waals surface area contributed by atoms with Crippen molar-refractivity contribution in [1.82, 2.24) is 0 Å². The van der Waals surface area contributed by atoms with Gasteiger partial charge >= 0.3 is 5.97 Å². The third-order valence-electron chi connectivity index (χ3n) is 6.29. The Morgan fingerprint density at radius 1 is 1.04 bits per heavy atom. The van der Waals surface area contributed by atoms with Crippen molar-refractivity contribution in [2.45, 2.75) is 51.6 Å². The van der Waals surface area contributed by atoms with Crippen LogP contribution >= 0.6 is 0 Å². The lowest BCUT2D eigenvalue weighted by atomic mass is 9.50. The summed E-state index contributed by atoms with van der Waals surface area (Å²) in [4.78, 5) is 12.2. The lowest BCUT2D eigenvalue weighted by Gasteiger charge is -2.59. The lowest BCUT2D eigenvalue weighted by molar-refractivity contribution is -0.206. The fourth-order valence-electron chi connectivity index (χ4n) is 5.06. The van der Waals surface area contributed by atoms with E-state index in [1.807, 2.05) is 6.92 Å². The van der Waals surface area contributed by atoms with E-state index < -0.39 is 0 Å². The standard InChI is InChI=1S/C20H30O4/c1-13(2)14(3)23-6-5-22-12-19(21)24-20(4)17-8-15-7-16(10-17)11-18(20)9-15/h15-18H,1,3,5-12H2,2,4H3. The summed E-state index contributed by atoms with van der Waals surface area (Å²) in [5.74, 6) is 3.13. The number of rotatable bonds is 8. The van der Waals surface area contributed by atoms with Crippen LogP contribution in [0, 0.1) is 23.7 Å². The number of hydrogen-bond acceptors (Lipinski definition) is 4. The Labute approximate surface area is 145 Å². The van der Waals surface area contributed by atoms with Crippen LogP contribution in [0.4, 0.5) is 0 Å². The zero-order chi connectivity index (χ0) is 17.3. The van der Waals surface area contributed by atoms with Crippen LogP contribution in [-0.2, 0) is 19.0 Å². The number of carbonyl (C=O) groups excluding carboxylic acids is 1. The first-order valence-electron chi connectivity index (χ1n) is 9.15. The molecule has 0 radical (unpaired) electrons. The highest BCUT2D eigenvalue weighted by molar-refractivity contribution is 5.71. The first-order valence-corrected chi connectivity index (χ1v) is 9.15. The third-order valence-corrected chi connectivity index (χ3v) is 6.29. The van der Waals surface area contributed by atoms with Gasteiger partial charge < -0.3 is 14.2 Å². The van der Waals surface area contributed by atoms with E-state index in [1.54, 1.807) is 0 Å². The van der Waals surface area contributed by atoms with Gasteiger partial charge in [-0.15, -0.1) is 0 Å². The fourth-order valence-corrected chi connectivity index (χ4v) is 5.06. The molecule has 0 saturated heterocycles. The van der Waals surface area contributed by atoms with Crippen molar-refractivity contribution in [3.63, 3.8) is 0 Å². The van der Waals surface area contributed by atoms with Crippen LogP contribution in [0.1, 0.15) is 46.0 Å². The van der Waals surface area contributed by atoms with E-state index in [9.17, 15) is 4.79 Å². The van der Waals surface area contributed by atoms with Crippen molar-refractivity contribution < 1.29 is 19.0 Å². The number of allylic oxidation sites excluding steroid dienone is 1. The van der Waals surface area contributed by atoms with Gasteiger partial charge in [-0.05, 0) is 75.2 Å². The maximum Gasteiger partial charge on any atom is 0.332 e. The molecule has 0 aliphatic heterocycles. The van der Waals surface area contributed by atoms with Crippen LogP contribution in [0.5, 0.6) is 0 Å². The van der Waals surface area contributed by atoms with Gasteiger partial charge in [-0.3, -0.25) is 0 Å². The van der Waals surface area contributed by atoms with Gasteiger partial charge in [0, 0.05) is 0 Å². The predicted octanol–water partition coefficient (Wildman–Crippen LogP) is 3.87. The van der Waals surface area contributed by atoms with Crippen LogP contribution in [0.3, 0.4) is 0 Å². The van der Waals surface area contributed by atoms with E-state index in [4.69, 9.17) is 14.2 Å². The molecule has 0 unspecified atom stereocenters. The first-order chi connectivity index (χ1) is 11.4. The molecule has 4 bridgehead atoms. The van der Waals surface area contributed by atoms with E-state index in [0.29, 0.717) is 30.8 Å². The Hall–Kier alpha value is -1.29. The SMILES string of the molecule is C=C(C)C(=C)OCCOCC(=O)OC1(C)C2CC3CC(C2)CC1C3. The van der Waals surface area contributed by atoms with Crippen LogP contribution in [0.25, 0.3) is 0 Å². The zero-order valence-electron chi connectivity index (χ0n) is 15.0. The topological polar surface area (TPSA) is 44.8 Å². The van der Waals surface area contributed by atoms with Crippen molar-refractivity contribution in [2.24, 2.45) is 23.7 Å². The summed E-state index contributed by atoms with van der Waals surface area (Å²) in [7, 11) is 0. The van der Waals surface area contributed by atoms with Gasteiger partial charge in [0.25, 0.3) is 0 Å². The Kier molecular flexibility index (Phi) is 5.05. The Balaban J connectivity index is 1.40. The van der Waals surface area contributed by atoms with E-state index in [0.717, 1.165) is 17.4 Å². The molecule has 0 spiro atoms.